The lowest BCUT2D eigenvalue weighted by Gasteiger charge is -2.34. The molecule has 0 aliphatic carbocycles. The van der Waals surface area contributed by atoms with Crippen LogP contribution in [0.5, 0.6) is 0 Å². The van der Waals surface area contributed by atoms with Crippen molar-refractivity contribution in [3.8, 4) is 0 Å². The van der Waals surface area contributed by atoms with E-state index in [1.54, 1.807) is 0 Å². The van der Waals surface area contributed by atoms with Crippen LogP contribution in [0.15, 0.2) is 70.5 Å². The van der Waals surface area contributed by atoms with Crippen LogP contribution >= 0.6 is 22.9 Å². The summed E-state index contributed by atoms with van der Waals surface area (Å²) in [6.07, 6.45) is 0. The monoisotopic (exact) mass is 452 g/mol. The fourth-order valence-electron chi connectivity index (χ4n) is 4.01. The van der Waals surface area contributed by atoms with Crippen LogP contribution in [0.2, 0.25) is 5.02 Å². The predicted molar refractivity (Wildman–Crippen MR) is 124 cm³/mol. The van der Waals surface area contributed by atoms with Crippen LogP contribution in [-0.4, -0.2) is 37.1 Å². The molecule has 7 heteroatoms. The average Bonchev–Trinajstić information content (AvgIpc) is 3.44. The molecule has 1 aliphatic heterocycles. The Balaban J connectivity index is 1.65. The third kappa shape index (κ3) is 4.12. The van der Waals surface area contributed by atoms with Crippen molar-refractivity contribution in [1.29, 1.82) is 0 Å². The zero-order chi connectivity index (χ0) is 21.2. The van der Waals surface area contributed by atoms with Gasteiger partial charge in [-0.3, -0.25) is 9.69 Å². The molecule has 1 fully saturated rings. The summed E-state index contributed by atoms with van der Waals surface area (Å²) in [5.74, 6) is 0.560. The minimum Gasteiger partial charge on any atom is -0.457 e. The van der Waals surface area contributed by atoms with Gasteiger partial charge in [-0.1, -0.05) is 41.9 Å². The van der Waals surface area contributed by atoms with Crippen LogP contribution in [-0.2, 0) is 4.74 Å². The minimum absolute atomic E-state index is 0.144. The number of hydrogen-bond acceptors (Lipinski definition) is 5. The number of anilines is 1. The number of thiophene rings is 1. The third-order valence-electron chi connectivity index (χ3n) is 5.43. The number of carbonyl (C=O) groups is 1. The number of fused-ring (bicyclic) bond motifs is 1. The number of morpholine rings is 1. The van der Waals surface area contributed by atoms with Gasteiger partial charge in [0.25, 0.3) is 5.91 Å². The van der Waals surface area contributed by atoms with Gasteiger partial charge in [0.1, 0.15) is 11.3 Å². The minimum atomic E-state index is -0.200. The first-order chi connectivity index (χ1) is 15.2. The van der Waals surface area contributed by atoms with Crippen molar-refractivity contribution in [3.63, 3.8) is 0 Å². The lowest BCUT2D eigenvalue weighted by atomic mass is 10.0. The fraction of sp³-hybridized carbons (Fsp3) is 0.208. The summed E-state index contributed by atoms with van der Waals surface area (Å²) >= 11 is 7.76. The summed E-state index contributed by atoms with van der Waals surface area (Å²) < 4.78 is 12.0. The smallest absolute Gasteiger partial charge is 0.265 e. The van der Waals surface area contributed by atoms with E-state index in [1.807, 2.05) is 66.0 Å². The number of amides is 1. The number of ether oxygens (including phenoxy) is 1. The topological polar surface area (TPSA) is 54.7 Å². The average molecular weight is 453 g/mol. The normalized spacial score (nSPS) is 15.8. The molecule has 1 saturated heterocycles. The van der Waals surface area contributed by atoms with Crippen LogP contribution in [0.4, 0.5) is 5.69 Å². The second-order valence-electron chi connectivity index (χ2n) is 7.37. The molecular weight excluding hydrogens is 432 g/mol. The van der Waals surface area contributed by atoms with Crippen LogP contribution < -0.4 is 5.32 Å². The van der Waals surface area contributed by atoms with E-state index < -0.39 is 0 Å². The predicted octanol–water partition coefficient (Wildman–Crippen LogP) is 5.82. The molecule has 0 saturated carbocycles. The van der Waals surface area contributed by atoms with Crippen LogP contribution in [0.25, 0.3) is 11.0 Å². The number of hydrogen-bond donors (Lipinski definition) is 1. The molecule has 5 rings (SSSR count). The maximum Gasteiger partial charge on any atom is 0.265 e. The maximum atomic E-state index is 13.0. The molecule has 5 nitrogen and oxygen atoms in total. The highest BCUT2D eigenvalue weighted by Gasteiger charge is 2.31. The lowest BCUT2D eigenvalue weighted by molar-refractivity contribution is 0.0206. The molecule has 1 N–H and O–H groups in total. The molecule has 1 amide bonds. The van der Waals surface area contributed by atoms with E-state index in [0.717, 1.165) is 29.6 Å². The van der Waals surface area contributed by atoms with Crippen molar-refractivity contribution in [3.05, 3.63) is 87.3 Å². The zero-order valence-corrected chi connectivity index (χ0v) is 18.3. The van der Waals surface area contributed by atoms with Gasteiger partial charge in [-0.25, -0.2) is 0 Å². The Morgan fingerprint density at radius 3 is 2.68 bits per heavy atom. The maximum absolute atomic E-state index is 13.0. The summed E-state index contributed by atoms with van der Waals surface area (Å²) in [7, 11) is 0. The summed E-state index contributed by atoms with van der Waals surface area (Å²) in [5, 5.41) is 6.56. The molecule has 0 radical (unpaired) electrons. The van der Waals surface area contributed by atoms with Gasteiger partial charge in [0.05, 0.1) is 29.8 Å². The van der Waals surface area contributed by atoms with Crippen molar-refractivity contribution in [1.82, 2.24) is 4.90 Å². The molecule has 1 atom stereocenters. The van der Waals surface area contributed by atoms with Gasteiger partial charge < -0.3 is 14.5 Å². The van der Waals surface area contributed by atoms with Crippen LogP contribution in [0.3, 0.4) is 0 Å². The second kappa shape index (κ2) is 8.85. The Morgan fingerprint density at radius 1 is 1.06 bits per heavy atom. The second-order valence-corrected chi connectivity index (χ2v) is 8.76. The quantitative estimate of drug-likeness (QED) is 0.414. The third-order valence-corrected chi connectivity index (χ3v) is 6.53. The molecular formula is C24H21ClN2O3S. The summed E-state index contributed by atoms with van der Waals surface area (Å²) in [6.45, 7) is 2.81. The Kier molecular flexibility index (Phi) is 5.78. The molecule has 31 heavy (non-hydrogen) atoms. The summed E-state index contributed by atoms with van der Waals surface area (Å²) in [6, 6.07) is 19.1. The summed E-state index contributed by atoms with van der Waals surface area (Å²) in [5.41, 5.74) is 2.45. The van der Waals surface area contributed by atoms with E-state index in [9.17, 15) is 4.79 Å². The highest BCUT2D eigenvalue weighted by Crippen LogP contribution is 2.41. The molecule has 2 aromatic carbocycles. The molecule has 4 aromatic rings. The number of halogens is 1. The number of nitrogens with one attached hydrogen (secondary N) is 1. The molecule has 158 valence electrons. The SMILES string of the molecule is O=C(Nc1c([C@H](c2cccc(Cl)c2)N2CCOCC2)oc2ccccc12)c1cccs1. The Hall–Kier alpha value is -2.64. The first-order valence-electron chi connectivity index (χ1n) is 10.1. The van der Waals surface area contributed by atoms with Gasteiger partial charge in [-0.05, 0) is 41.3 Å². The number of furan rings is 1. The Labute approximate surface area is 189 Å². The van der Waals surface area contributed by atoms with Gasteiger partial charge in [0.2, 0.25) is 0 Å². The van der Waals surface area contributed by atoms with Gasteiger partial charge in [-0.2, -0.15) is 0 Å². The lowest BCUT2D eigenvalue weighted by Crippen LogP contribution is -2.39. The Bertz CT molecular complexity index is 1200. The molecule has 3 heterocycles. The van der Waals surface area contributed by atoms with Gasteiger partial charge in [0.15, 0.2) is 0 Å². The first kappa shape index (κ1) is 20.3. The first-order valence-corrected chi connectivity index (χ1v) is 11.4. The van der Waals surface area contributed by atoms with Crippen molar-refractivity contribution in [2.24, 2.45) is 0 Å². The highest BCUT2D eigenvalue weighted by atomic mass is 35.5. The molecule has 1 aliphatic rings. The number of rotatable bonds is 5. The van der Waals surface area contributed by atoms with Gasteiger partial charge >= 0.3 is 0 Å². The van der Waals surface area contributed by atoms with E-state index in [0.29, 0.717) is 34.6 Å². The highest BCUT2D eigenvalue weighted by molar-refractivity contribution is 7.12. The molecule has 0 bridgehead atoms. The van der Waals surface area contributed by atoms with Gasteiger partial charge in [-0.15, -0.1) is 11.3 Å². The van der Waals surface area contributed by atoms with E-state index in [4.69, 9.17) is 20.8 Å². The largest absolute Gasteiger partial charge is 0.457 e. The molecule has 0 unspecified atom stereocenters. The van der Waals surface area contributed by atoms with E-state index in [-0.39, 0.29) is 11.9 Å². The van der Waals surface area contributed by atoms with E-state index in [2.05, 4.69) is 10.2 Å². The van der Waals surface area contributed by atoms with E-state index >= 15 is 0 Å². The number of nitrogens with zero attached hydrogens (tertiary/aromatic N) is 1. The van der Waals surface area contributed by atoms with E-state index in [1.165, 1.54) is 11.3 Å². The zero-order valence-electron chi connectivity index (χ0n) is 16.7. The van der Waals surface area contributed by atoms with Crippen LogP contribution in [0, 0.1) is 0 Å². The summed E-state index contributed by atoms with van der Waals surface area (Å²) in [4.78, 5) is 15.9. The van der Waals surface area contributed by atoms with Crippen molar-refractivity contribution in [2.75, 3.05) is 31.6 Å². The van der Waals surface area contributed by atoms with Crippen LogP contribution in [0.1, 0.15) is 27.0 Å². The Morgan fingerprint density at radius 2 is 1.90 bits per heavy atom. The van der Waals surface area contributed by atoms with Crippen molar-refractivity contribution in [2.45, 2.75) is 6.04 Å². The fourth-order valence-corrected chi connectivity index (χ4v) is 4.83. The number of carbonyl (C=O) groups excluding carboxylic acids is 1. The number of benzene rings is 2. The molecule has 0 spiro atoms. The van der Waals surface area contributed by atoms with Crippen molar-refractivity contribution < 1.29 is 13.9 Å². The molecule has 2 aromatic heterocycles. The number of para-hydroxylation sites is 1. The van der Waals surface area contributed by atoms with Gasteiger partial charge in [0, 0.05) is 23.5 Å². The van der Waals surface area contributed by atoms with Crippen molar-refractivity contribution >= 4 is 45.5 Å². The standard InChI is InChI=1S/C24H21ClN2O3S/c25-17-6-3-5-16(15-17)22(27-10-12-29-13-11-27)23-21(18-7-1-2-8-19(18)30-23)26-24(28)20-9-4-14-31-20/h1-9,14-15,22H,10-13H2,(H,26,28)/t22-/m0/s1.